The van der Waals surface area contributed by atoms with Gasteiger partial charge in [-0.1, -0.05) is 84.0 Å². The summed E-state index contributed by atoms with van der Waals surface area (Å²) in [6.07, 6.45) is -1.33. The van der Waals surface area contributed by atoms with E-state index in [1.807, 2.05) is 54.6 Å². The lowest BCUT2D eigenvalue weighted by atomic mass is 9.91. The van der Waals surface area contributed by atoms with Crippen LogP contribution in [-0.4, -0.2) is 37.9 Å². The van der Waals surface area contributed by atoms with Crippen LogP contribution in [0.4, 0.5) is 4.79 Å². The largest absolute Gasteiger partial charge is 0.489 e. The molecule has 2 aromatic rings. The van der Waals surface area contributed by atoms with Crippen molar-refractivity contribution in [2.75, 3.05) is 6.61 Å². The average molecular weight is 498 g/mol. The van der Waals surface area contributed by atoms with Gasteiger partial charge >= 0.3 is 6.09 Å². The molecule has 0 N–H and O–H groups in total. The van der Waals surface area contributed by atoms with Crippen molar-refractivity contribution in [3.63, 3.8) is 0 Å². The molecule has 3 rings (SSSR count). The van der Waals surface area contributed by atoms with Gasteiger partial charge in [0.15, 0.2) is 6.10 Å². The van der Waals surface area contributed by atoms with Crippen molar-refractivity contribution in [3.05, 3.63) is 65.7 Å². The number of carbonyl (C=O) groups excluding carboxylic acids is 2. The summed E-state index contributed by atoms with van der Waals surface area (Å²) in [7, 11) is -2.35. The number of carbonyl (C=O) groups is 2. The Morgan fingerprint density at radius 2 is 1.49 bits per heavy atom. The summed E-state index contributed by atoms with van der Waals surface area (Å²) in [4.78, 5) is 27.1. The number of likely N-dealkylation sites (tertiary alicyclic amines) is 1. The van der Waals surface area contributed by atoms with Gasteiger partial charge in [0.1, 0.15) is 18.4 Å². The maximum Gasteiger partial charge on any atom is 0.417 e. The maximum absolute atomic E-state index is 13.2. The van der Waals surface area contributed by atoms with E-state index >= 15 is 0 Å². The van der Waals surface area contributed by atoms with Gasteiger partial charge in [-0.15, -0.1) is 0 Å². The molecule has 0 aromatic heterocycles. The lowest BCUT2D eigenvalue weighted by Crippen LogP contribution is -2.66. The molecule has 1 fully saturated rings. The lowest BCUT2D eigenvalue weighted by Gasteiger charge is -2.51. The Balaban J connectivity index is 1.87. The SMILES string of the molecule is CCOC(=O)N1C(=O)C(O[Si](C(C)C)(C(C)C)C(C)C)C1c1ccc(OCc2ccccc2)cc1. The number of hydrogen-bond donors (Lipinski definition) is 0. The van der Waals surface area contributed by atoms with E-state index in [4.69, 9.17) is 13.9 Å². The molecule has 35 heavy (non-hydrogen) atoms. The summed E-state index contributed by atoms with van der Waals surface area (Å²) in [6, 6.07) is 17.0. The minimum absolute atomic E-state index is 0.204. The smallest absolute Gasteiger partial charge is 0.417 e. The Kier molecular flexibility index (Phi) is 8.78. The molecule has 7 heteroatoms. The molecule has 0 aliphatic carbocycles. The third-order valence-corrected chi connectivity index (χ3v) is 13.1. The Morgan fingerprint density at radius 3 is 2.00 bits per heavy atom. The molecule has 2 atom stereocenters. The van der Waals surface area contributed by atoms with Crippen molar-refractivity contribution < 1.29 is 23.5 Å². The van der Waals surface area contributed by atoms with E-state index in [1.54, 1.807) is 6.92 Å². The molecule has 1 heterocycles. The van der Waals surface area contributed by atoms with Gasteiger partial charge in [0.2, 0.25) is 8.32 Å². The summed E-state index contributed by atoms with van der Waals surface area (Å²) in [5.74, 6) is 0.398. The zero-order valence-electron chi connectivity index (χ0n) is 22.0. The fraction of sp³-hybridized carbons (Fsp3) is 0.500. The molecule has 1 saturated heterocycles. The Morgan fingerprint density at radius 1 is 0.914 bits per heavy atom. The quantitative estimate of drug-likeness (QED) is 0.265. The van der Waals surface area contributed by atoms with Crippen molar-refractivity contribution in [3.8, 4) is 5.75 Å². The van der Waals surface area contributed by atoms with Crippen molar-refractivity contribution >= 4 is 20.3 Å². The van der Waals surface area contributed by atoms with Crippen LogP contribution in [-0.2, 0) is 20.6 Å². The number of β-lactam (4-membered cyclic amide) rings is 1. The van der Waals surface area contributed by atoms with E-state index in [0.717, 1.165) is 16.9 Å². The Bertz CT molecular complexity index is 968. The number of benzene rings is 2. The minimum atomic E-state index is -2.35. The highest BCUT2D eigenvalue weighted by atomic mass is 28.4. The Labute approximate surface area is 210 Å². The third kappa shape index (κ3) is 5.46. The van der Waals surface area contributed by atoms with Crippen molar-refractivity contribution in [2.45, 2.75) is 83.8 Å². The summed E-state index contributed by atoms with van der Waals surface area (Å²) in [5.41, 5.74) is 2.87. The van der Waals surface area contributed by atoms with Crippen LogP contribution in [0.2, 0.25) is 16.6 Å². The van der Waals surface area contributed by atoms with Gasteiger partial charge in [0, 0.05) is 0 Å². The fourth-order valence-electron chi connectivity index (χ4n) is 5.43. The molecule has 1 aliphatic rings. The first-order valence-corrected chi connectivity index (χ1v) is 14.7. The second-order valence-electron chi connectivity index (χ2n) is 10.1. The van der Waals surface area contributed by atoms with E-state index in [9.17, 15) is 9.59 Å². The van der Waals surface area contributed by atoms with Gasteiger partial charge in [-0.3, -0.25) is 4.79 Å². The second-order valence-corrected chi connectivity index (χ2v) is 15.5. The van der Waals surface area contributed by atoms with Gasteiger partial charge in [-0.05, 0) is 46.8 Å². The van der Waals surface area contributed by atoms with Crippen molar-refractivity contribution in [2.24, 2.45) is 0 Å². The van der Waals surface area contributed by atoms with Crippen LogP contribution in [0.5, 0.6) is 5.75 Å². The first-order chi connectivity index (χ1) is 16.6. The van der Waals surface area contributed by atoms with Crippen molar-refractivity contribution in [1.82, 2.24) is 4.90 Å². The molecule has 0 bridgehead atoms. The highest BCUT2D eigenvalue weighted by molar-refractivity contribution is 6.77. The summed E-state index contributed by atoms with van der Waals surface area (Å²) >= 11 is 0. The predicted octanol–water partition coefficient (Wildman–Crippen LogP) is 6.87. The van der Waals surface area contributed by atoms with Crippen LogP contribution < -0.4 is 4.74 Å². The van der Waals surface area contributed by atoms with Crippen LogP contribution in [0.1, 0.15) is 65.6 Å². The van der Waals surface area contributed by atoms with Crippen LogP contribution in [0.25, 0.3) is 0 Å². The fourth-order valence-corrected chi connectivity index (χ4v) is 10.9. The summed E-state index contributed by atoms with van der Waals surface area (Å²) < 4.78 is 18.0. The molecule has 0 radical (unpaired) electrons. The molecule has 2 aromatic carbocycles. The maximum atomic E-state index is 13.2. The zero-order valence-corrected chi connectivity index (χ0v) is 23.0. The topological polar surface area (TPSA) is 65.1 Å². The van der Waals surface area contributed by atoms with Gasteiger partial charge in [-0.25, -0.2) is 9.69 Å². The van der Waals surface area contributed by atoms with Crippen LogP contribution in [0.15, 0.2) is 54.6 Å². The normalized spacial score (nSPS) is 18.2. The standard InChI is InChI=1S/C28H39NO5Si/c1-8-32-28(31)29-25(26(27(29)30)34-35(19(2)3,20(4)5)21(6)7)23-14-16-24(17-15-23)33-18-22-12-10-9-11-13-22/h9-17,19-21,25-26H,8,18H2,1-7H3. The molecule has 6 nitrogen and oxygen atoms in total. The molecule has 190 valence electrons. The van der Waals surface area contributed by atoms with Gasteiger partial charge < -0.3 is 13.9 Å². The number of ether oxygens (including phenoxy) is 2. The number of nitrogens with zero attached hydrogens (tertiary/aromatic N) is 1. The van der Waals surface area contributed by atoms with Gasteiger partial charge in [0.25, 0.3) is 5.91 Å². The van der Waals surface area contributed by atoms with Crippen LogP contribution >= 0.6 is 0 Å². The number of imide groups is 1. The van der Waals surface area contributed by atoms with Crippen LogP contribution in [0, 0.1) is 0 Å². The molecule has 0 saturated carbocycles. The highest BCUT2D eigenvalue weighted by Crippen LogP contribution is 2.48. The summed E-state index contributed by atoms with van der Waals surface area (Å²) in [6.45, 7) is 15.5. The first kappa shape index (κ1) is 27.0. The lowest BCUT2D eigenvalue weighted by molar-refractivity contribution is -0.161. The number of amides is 2. The molecular formula is C28H39NO5Si. The Hall–Kier alpha value is -2.64. The van der Waals surface area contributed by atoms with E-state index in [1.165, 1.54) is 4.90 Å². The van der Waals surface area contributed by atoms with E-state index < -0.39 is 26.6 Å². The number of rotatable bonds is 10. The summed E-state index contributed by atoms with van der Waals surface area (Å²) in [5, 5.41) is 0. The molecule has 2 unspecified atom stereocenters. The predicted molar refractivity (Wildman–Crippen MR) is 140 cm³/mol. The third-order valence-electron chi connectivity index (χ3n) is 7.02. The molecular weight excluding hydrogens is 458 g/mol. The molecule has 1 aliphatic heterocycles. The van der Waals surface area contributed by atoms with Crippen LogP contribution in [0.3, 0.4) is 0 Å². The van der Waals surface area contributed by atoms with Gasteiger partial charge in [0.05, 0.1) is 6.61 Å². The van der Waals surface area contributed by atoms with Crippen molar-refractivity contribution in [1.29, 1.82) is 0 Å². The first-order valence-electron chi connectivity index (χ1n) is 12.6. The average Bonchev–Trinajstić information content (AvgIpc) is 2.82. The van der Waals surface area contributed by atoms with E-state index in [2.05, 4.69) is 41.5 Å². The van der Waals surface area contributed by atoms with E-state index in [-0.39, 0.29) is 12.5 Å². The molecule has 0 spiro atoms. The van der Waals surface area contributed by atoms with E-state index in [0.29, 0.717) is 23.2 Å². The minimum Gasteiger partial charge on any atom is -0.489 e. The monoisotopic (exact) mass is 497 g/mol. The zero-order chi connectivity index (χ0) is 25.8. The molecule has 2 amide bonds. The highest BCUT2D eigenvalue weighted by Gasteiger charge is 2.58. The number of hydrogen-bond acceptors (Lipinski definition) is 5. The second kappa shape index (κ2) is 11.4. The van der Waals surface area contributed by atoms with Gasteiger partial charge in [-0.2, -0.15) is 0 Å².